The van der Waals surface area contributed by atoms with Gasteiger partial charge in [0.05, 0.1) is 28.7 Å². The maximum Gasteiger partial charge on any atom is 0.255 e. The molecule has 1 atom stereocenters. The summed E-state index contributed by atoms with van der Waals surface area (Å²) in [5.41, 5.74) is 4.80. The number of nitrogens with zero attached hydrogens (tertiary/aromatic N) is 2. The summed E-state index contributed by atoms with van der Waals surface area (Å²) < 4.78 is 7.57. The molecule has 2 aromatic rings. The van der Waals surface area contributed by atoms with E-state index in [2.05, 4.69) is 38.2 Å². The zero-order valence-electron chi connectivity index (χ0n) is 16.0. The standard InChI is InChI=1S/C21H29N3O2/c1-4-8-18-20(21(25)22-14-17-11-7-12-26-17)19(5-2)24(23-18)16-10-6-9-15(3)13-16/h6,9-10,13,17H,4-5,7-8,11-12,14H2,1-3H3,(H,22,25)/t17-/m1/s1. The molecule has 1 aromatic heterocycles. The minimum atomic E-state index is -0.0281. The van der Waals surface area contributed by atoms with Crippen molar-refractivity contribution >= 4 is 5.91 Å². The largest absolute Gasteiger partial charge is 0.376 e. The van der Waals surface area contributed by atoms with E-state index in [0.717, 1.165) is 61.3 Å². The van der Waals surface area contributed by atoms with Gasteiger partial charge in [-0.1, -0.05) is 32.4 Å². The van der Waals surface area contributed by atoms with Crippen molar-refractivity contribution in [3.63, 3.8) is 0 Å². The first-order valence-electron chi connectivity index (χ1n) is 9.71. The second kappa shape index (κ2) is 8.49. The van der Waals surface area contributed by atoms with Crippen LogP contribution in [0, 0.1) is 6.92 Å². The average molecular weight is 355 g/mol. The zero-order chi connectivity index (χ0) is 18.5. The van der Waals surface area contributed by atoms with Crippen molar-refractivity contribution in [1.82, 2.24) is 15.1 Å². The summed E-state index contributed by atoms with van der Waals surface area (Å²) in [5.74, 6) is -0.0281. The Balaban J connectivity index is 1.92. The first-order chi connectivity index (χ1) is 12.6. The lowest BCUT2D eigenvalue weighted by molar-refractivity contribution is 0.0856. The highest BCUT2D eigenvalue weighted by Gasteiger charge is 2.24. The van der Waals surface area contributed by atoms with Gasteiger partial charge in [-0.05, 0) is 50.3 Å². The molecule has 0 radical (unpaired) electrons. The fourth-order valence-corrected chi connectivity index (χ4v) is 3.58. The van der Waals surface area contributed by atoms with E-state index in [1.54, 1.807) is 0 Å². The van der Waals surface area contributed by atoms with Crippen LogP contribution in [-0.4, -0.2) is 34.9 Å². The number of aromatic nitrogens is 2. The average Bonchev–Trinajstić information content (AvgIpc) is 3.27. The molecule has 1 aliphatic heterocycles. The van der Waals surface area contributed by atoms with Crippen LogP contribution in [0.5, 0.6) is 0 Å². The van der Waals surface area contributed by atoms with Crippen LogP contribution in [0.2, 0.25) is 0 Å². The van der Waals surface area contributed by atoms with Crippen LogP contribution in [0.4, 0.5) is 0 Å². The molecule has 1 saturated heterocycles. The maximum atomic E-state index is 13.0. The fraction of sp³-hybridized carbons (Fsp3) is 0.524. The summed E-state index contributed by atoms with van der Waals surface area (Å²) >= 11 is 0. The molecule has 26 heavy (non-hydrogen) atoms. The van der Waals surface area contributed by atoms with Crippen molar-refractivity contribution in [2.75, 3.05) is 13.2 Å². The molecule has 1 aromatic carbocycles. The Bertz CT molecular complexity index is 761. The summed E-state index contributed by atoms with van der Waals surface area (Å²) in [6.07, 6.45) is 4.76. The second-order valence-corrected chi connectivity index (χ2v) is 6.97. The molecule has 0 saturated carbocycles. The molecule has 140 valence electrons. The van der Waals surface area contributed by atoms with E-state index in [-0.39, 0.29) is 12.0 Å². The lowest BCUT2D eigenvalue weighted by atomic mass is 10.1. The van der Waals surface area contributed by atoms with Gasteiger partial charge in [0.15, 0.2) is 0 Å². The van der Waals surface area contributed by atoms with Gasteiger partial charge in [0.2, 0.25) is 0 Å². The first kappa shape index (κ1) is 18.6. The van der Waals surface area contributed by atoms with Crippen molar-refractivity contribution in [3.8, 4) is 5.69 Å². The van der Waals surface area contributed by atoms with E-state index in [0.29, 0.717) is 6.54 Å². The molecule has 0 aliphatic carbocycles. The lowest BCUT2D eigenvalue weighted by Crippen LogP contribution is -2.32. The smallest absolute Gasteiger partial charge is 0.255 e. The van der Waals surface area contributed by atoms with E-state index in [1.807, 2.05) is 16.8 Å². The van der Waals surface area contributed by atoms with Crippen molar-refractivity contribution in [1.29, 1.82) is 0 Å². The minimum Gasteiger partial charge on any atom is -0.376 e. The summed E-state index contributed by atoms with van der Waals surface area (Å²) in [5, 5.41) is 7.88. The minimum absolute atomic E-state index is 0.0281. The number of rotatable bonds is 7. The molecule has 1 fully saturated rings. The Morgan fingerprint density at radius 2 is 2.23 bits per heavy atom. The number of carbonyl (C=O) groups excluding carboxylic acids is 1. The van der Waals surface area contributed by atoms with Crippen LogP contribution in [-0.2, 0) is 17.6 Å². The molecular formula is C21H29N3O2. The summed E-state index contributed by atoms with van der Waals surface area (Å²) in [4.78, 5) is 13.0. The molecule has 1 amide bonds. The fourth-order valence-electron chi connectivity index (χ4n) is 3.58. The third-order valence-electron chi connectivity index (χ3n) is 4.86. The van der Waals surface area contributed by atoms with E-state index in [1.165, 1.54) is 5.56 Å². The number of aryl methyl sites for hydroxylation is 2. The van der Waals surface area contributed by atoms with Gasteiger partial charge in [-0.2, -0.15) is 5.10 Å². The monoisotopic (exact) mass is 355 g/mol. The van der Waals surface area contributed by atoms with Crippen LogP contribution >= 0.6 is 0 Å². The molecule has 5 nitrogen and oxygen atoms in total. The van der Waals surface area contributed by atoms with Crippen LogP contribution in [0.3, 0.4) is 0 Å². The van der Waals surface area contributed by atoms with E-state index in [4.69, 9.17) is 9.84 Å². The van der Waals surface area contributed by atoms with Gasteiger partial charge in [-0.25, -0.2) is 4.68 Å². The molecule has 1 aliphatic rings. The Morgan fingerprint density at radius 3 is 2.88 bits per heavy atom. The Kier molecular flexibility index (Phi) is 6.09. The molecule has 2 heterocycles. The summed E-state index contributed by atoms with van der Waals surface area (Å²) in [7, 11) is 0. The zero-order valence-corrected chi connectivity index (χ0v) is 16.0. The highest BCUT2D eigenvalue weighted by Crippen LogP contribution is 2.22. The highest BCUT2D eigenvalue weighted by atomic mass is 16.5. The Morgan fingerprint density at radius 1 is 1.38 bits per heavy atom. The molecule has 0 bridgehead atoms. The maximum absolute atomic E-state index is 13.0. The van der Waals surface area contributed by atoms with Crippen molar-refractivity contribution < 1.29 is 9.53 Å². The molecule has 3 rings (SSSR count). The molecule has 1 N–H and O–H groups in total. The quantitative estimate of drug-likeness (QED) is 0.825. The predicted octanol–water partition coefficient (Wildman–Crippen LogP) is 3.60. The van der Waals surface area contributed by atoms with E-state index in [9.17, 15) is 4.79 Å². The van der Waals surface area contributed by atoms with Crippen LogP contribution < -0.4 is 5.32 Å². The predicted molar refractivity (Wildman–Crippen MR) is 103 cm³/mol. The first-order valence-corrected chi connectivity index (χ1v) is 9.71. The van der Waals surface area contributed by atoms with Gasteiger partial charge < -0.3 is 10.1 Å². The second-order valence-electron chi connectivity index (χ2n) is 6.97. The van der Waals surface area contributed by atoms with Gasteiger partial charge in [0.1, 0.15) is 0 Å². The normalized spacial score (nSPS) is 16.8. The highest BCUT2D eigenvalue weighted by molar-refractivity contribution is 5.96. The molecular weight excluding hydrogens is 326 g/mol. The molecule has 5 heteroatoms. The number of hydrogen-bond donors (Lipinski definition) is 1. The summed E-state index contributed by atoms with van der Waals surface area (Å²) in [6, 6.07) is 8.25. The van der Waals surface area contributed by atoms with Gasteiger partial charge in [-0.3, -0.25) is 4.79 Å². The number of benzene rings is 1. The van der Waals surface area contributed by atoms with Gasteiger partial charge >= 0.3 is 0 Å². The van der Waals surface area contributed by atoms with Crippen molar-refractivity contribution in [2.45, 2.75) is 59.0 Å². The number of ether oxygens (including phenoxy) is 1. The Hall–Kier alpha value is -2.14. The lowest BCUT2D eigenvalue weighted by Gasteiger charge is -2.12. The van der Waals surface area contributed by atoms with Gasteiger partial charge in [0.25, 0.3) is 5.91 Å². The Labute approximate surface area is 155 Å². The third kappa shape index (κ3) is 3.98. The van der Waals surface area contributed by atoms with Crippen molar-refractivity contribution in [3.05, 3.63) is 46.8 Å². The number of amides is 1. The summed E-state index contributed by atoms with van der Waals surface area (Å²) in [6.45, 7) is 7.64. The van der Waals surface area contributed by atoms with E-state index >= 15 is 0 Å². The van der Waals surface area contributed by atoms with Gasteiger partial charge in [-0.15, -0.1) is 0 Å². The molecule has 0 spiro atoms. The number of nitrogens with one attached hydrogen (secondary N) is 1. The third-order valence-corrected chi connectivity index (χ3v) is 4.86. The molecule has 0 unspecified atom stereocenters. The number of carbonyl (C=O) groups is 1. The van der Waals surface area contributed by atoms with Gasteiger partial charge in [0, 0.05) is 13.2 Å². The SMILES string of the molecule is CCCc1nn(-c2cccc(C)c2)c(CC)c1C(=O)NC[C@H]1CCCO1. The van der Waals surface area contributed by atoms with Crippen LogP contribution in [0.25, 0.3) is 5.69 Å². The van der Waals surface area contributed by atoms with Crippen LogP contribution in [0.1, 0.15) is 60.4 Å². The number of hydrogen-bond acceptors (Lipinski definition) is 3. The van der Waals surface area contributed by atoms with Crippen LogP contribution in [0.15, 0.2) is 24.3 Å². The topological polar surface area (TPSA) is 56.2 Å². The van der Waals surface area contributed by atoms with Crippen molar-refractivity contribution in [2.24, 2.45) is 0 Å². The van der Waals surface area contributed by atoms with E-state index < -0.39 is 0 Å².